The fourth-order valence-electron chi connectivity index (χ4n) is 3.66. The van der Waals surface area contributed by atoms with Crippen LogP contribution in [0.3, 0.4) is 0 Å². The van der Waals surface area contributed by atoms with Crippen LogP contribution < -0.4 is 15.8 Å². The van der Waals surface area contributed by atoms with Crippen LogP contribution in [0.15, 0.2) is 48.5 Å². The van der Waals surface area contributed by atoms with E-state index in [1.54, 1.807) is 7.11 Å². The maximum atomic E-state index is 11.5. The second kappa shape index (κ2) is 9.53. The lowest BCUT2D eigenvalue weighted by Gasteiger charge is -2.31. The van der Waals surface area contributed by atoms with Gasteiger partial charge in [0.15, 0.2) is 0 Å². The third-order valence-corrected chi connectivity index (χ3v) is 5.10. The number of carbonyl (C=O) groups is 1. The van der Waals surface area contributed by atoms with Crippen molar-refractivity contribution in [3.05, 3.63) is 65.2 Å². The first-order valence-electron chi connectivity index (χ1n) is 9.57. The summed E-state index contributed by atoms with van der Waals surface area (Å²) in [6, 6.07) is 16.8. The van der Waals surface area contributed by atoms with E-state index in [0.717, 1.165) is 51.3 Å². The van der Waals surface area contributed by atoms with Crippen molar-refractivity contribution in [2.75, 3.05) is 20.2 Å². The number of nitrogens with one attached hydrogen (secondary N) is 1. The number of ether oxygens (including phenoxy) is 1. The SMILES string of the molecule is COc1cccc(CNCc2cccc(CN3CCCC(C(N)=O)C3)c2)c1. The second-order valence-corrected chi connectivity index (χ2v) is 7.25. The molecular formula is C22H29N3O2. The Morgan fingerprint density at radius 2 is 1.85 bits per heavy atom. The molecule has 1 fully saturated rings. The van der Waals surface area contributed by atoms with Gasteiger partial charge in [-0.2, -0.15) is 0 Å². The third-order valence-electron chi connectivity index (χ3n) is 5.10. The van der Waals surface area contributed by atoms with E-state index in [2.05, 4.69) is 46.6 Å². The minimum absolute atomic E-state index is 0.00790. The number of nitrogens with zero attached hydrogens (tertiary/aromatic N) is 1. The van der Waals surface area contributed by atoms with Gasteiger partial charge < -0.3 is 15.8 Å². The number of hydrogen-bond acceptors (Lipinski definition) is 4. The van der Waals surface area contributed by atoms with Gasteiger partial charge in [0.1, 0.15) is 5.75 Å². The van der Waals surface area contributed by atoms with Crippen molar-refractivity contribution < 1.29 is 9.53 Å². The van der Waals surface area contributed by atoms with Crippen LogP contribution in [0.1, 0.15) is 29.5 Å². The molecule has 0 spiro atoms. The molecule has 2 aromatic rings. The molecule has 0 bridgehead atoms. The van der Waals surface area contributed by atoms with Crippen molar-refractivity contribution in [3.8, 4) is 5.75 Å². The lowest BCUT2D eigenvalue weighted by Crippen LogP contribution is -2.40. The van der Waals surface area contributed by atoms with E-state index >= 15 is 0 Å². The van der Waals surface area contributed by atoms with Gasteiger partial charge in [0.2, 0.25) is 5.91 Å². The molecule has 3 N–H and O–H groups in total. The van der Waals surface area contributed by atoms with E-state index in [1.165, 1.54) is 16.7 Å². The maximum absolute atomic E-state index is 11.5. The number of nitrogens with two attached hydrogens (primary N) is 1. The number of likely N-dealkylation sites (tertiary alicyclic amines) is 1. The molecule has 1 aliphatic rings. The van der Waals surface area contributed by atoms with Crippen LogP contribution in [0, 0.1) is 5.92 Å². The van der Waals surface area contributed by atoms with Crippen molar-refractivity contribution in [3.63, 3.8) is 0 Å². The Morgan fingerprint density at radius 1 is 1.15 bits per heavy atom. The fourth-order valence-corrected chi connectivity index (χ4v) is 3.66. The lowest BCUT2D eigenvalue weighted by molar-refractivity contribution is -0.123. The molecule has 3 rings (SSSR count). The van der Waals surface area contributed by atoms with E-state index in [-0.39, 0.29) is 11.8 Å². The molecule has 1 saturated heterocycles. The molecule has 27 heavy (non-hydrogen) atoms. The Balaban J connectivity index is 1.51. The van der Waals surface area contributed by atoms with Gasteiger partial charge >= 0.3 is 0 Å². The number of amides is 1. The predicted octanol–water partition coefficient (Wildman–Crippen LogP) is 2.68. The summed E-state index contributed by atoms with van der Waals surface area (Å²) < 4.78 is 5.27. The highest BCUT2D eigenvalue weighted by Crippen LogP contribution is 2.19. The average molecular weight is 367 g/mol. The predicted molar refractivity (Wildman–Crippen MR) is 107 cm³/mol. The van der Waals surface area contributed by atoms with E-state index in [1.807, 2.05) is 12.1 Å². The third kappa shape index (κ3) is 5.81. The van der Waals surface area contributed by atoms with Crippen LogP contribution in [0.25, 0.3) is 0 Å². The monoisotopic (exact) mass is 367 g/mol. The van der Waals surface area contributed by atoms with Crippen molar-refractivity contribution in [1.29, 1.82) is 0 Å². The zero-order chi connectivity index (χ0) is 19.1. The number of benzene rings is 2. The summed E-state index contributed by atoms with van der Waals surface area (Å²) >= 11 is 0. The average Bonchev–Trinajstić information content (AvgIpc) is 2.69. The first-order chi connectivity index (χ1) is 13.1. The summed E-state index contributed by atoms with van der Waals surface area (Å²) in [6.07, 6.45) is 1.95. The molecule has 0 aromatic heterocycles. The molecular weight excluding hydrogens is 338 g/mol. The van der Waals surface area contributed by atoms with Crippen LogP contribution in [-0.4, -0.2) is 31.0 Å². The van der Waals surface area contributed by atoms with Gasteiger partial charge in [-0.25, -0.2) is 0 Å². The topological polar surface area (TPSA) is 67.6 Å². The molecule has 2 aromatic carbocycles. The Hall–Kier alpha value is -2.37. The summed E-state index contributed by atoms with van der Waals surface area (Å²) in [6.45, 7) is 4.28. The Kier molecular flexibility index (Phi) is 6.85. The summed E-state index contributed by atoms with van der Waals surface area (Å²) in [5.41, 5.74) is 9.23. The number of hydrogen-bond donors (Lipinski definition) is 2. The Morgan fingerprint density at radius 3 is 2.59 bits per heavy atom. The first-order valence-corrected chi connectivity index (χ1v) is 9.57. The summed E-state index contributed by atoms with van der Waals surface area (Å²) in [4.78, 5) is 13.8. The van der Waals surface area contributed by atoms with Gasteiger partial charge in [0, 0.05) is 26.2 Å². The summed E-state index contributed by atoms with van der Waals surface area (Å²) in [5, 5.41) is 3.49. The van der Waals surface area contributed by atoms with E-state index in [9.17, 15) is 4.79 Å². The molecule has 144 valence electrons. The number of methoxy groups -OCH3 is 1. The number of carbonyl (C=O) groups excluding carboxylic acids is 1. The molecule has 0 aliphatic carbocycles. The van der Waals surface area contributed by atoms with Gasteiger partial charge in [0.05, 0.1) is 13.0 Å². The summed E-state index contributed by atoms with van der Waals surface area (Å²) in [5.74, 6) is 0.703. The highest BCUT2D eigenvalue weighted by Gasteiger charge is 2.23. The molecule has 1 amide bonds. The highest BCUT2D eigenvalue weighted by molar-refractivity contribution is 5.76. The molecule has 1 heterocycles. The fraction of sp³-hybridized carbons (Fsp3) is 0.409. The Labute approximate surface area is 161 Å². The Bertz CT molecular complexity index is 763. The van der Waals surface area contributed by atoms with Crippen molar-refractivity contribution in [2.24, 2.45) is 11.7 Å². The van der Waals surface area contributed by atoms with Crippen molar-refractivity contribution in [1.82, 2.24) is 10.2 Å². The van der Waals surface area contributed by atoms with E-state index in [0.29, 0.717) is 0 Å². The first kappa shape index (κ1) is 19.4. The standard InChI is InChI=1S/C22H29N3O2/c1-27-21-9-3-6-18(12-21)14-24-13-17-5-2-7-19(11-17)15-25-10-4-8-20(16-25)22(23)26/h2-3,5-7,9,11-12,20,24H,4,8,10,13-16H2,1H3,(H2,23,26). The van der Waals surface area contributed by atoms with Gasteiger partial charge in [-0.1, -0.05) is 36.4 Å². The van der Waals surface area contributed by atoms with Gasteiger partial charge in [0.25, 0.3) is 0 Å². The van der Waals surface area contributed by atoms with Crippen molar-refractivity contribution >= 4 is 5.91 Å². The lowest BCUT2D eigenvalue weighted by atomic mass is 9.97. The van der Waals surface area contributed by atoms with Crippen LogP contribution in [-0.2, 0) is 24.4 Å². The molecule has 1 aliphatic heterocycles. The number of primary amides is 1. The maximum Gasteiger partial charge on any atom is 0.221 e. The van der Waals surface area contributed by atoms with E-state index < -0.39 is 0 Å². The molecule has 1 unspecified atom stereocenters. The van der Waals surface area contributed by atoms with Crippen molar-refractivity contribution in [2.45, 2.75) is 32.5 Å². The minimum Gasteiger partial charge on any atom is -0.497 e. The van der Waals surface area contributed by atoms with Gasteiger partial charge in [-0.05, 0) is 48.2 Å². The molecule has 1 atom stereocenters. The second-order valence-electron chi connectivity index (χ2n) is 7.25. The summed E-state index contributed by atoms with van der Waals surface area (Å²) in [7, 11) is 1.69. The molecule has 5 nitrogen and oxygen atoms in total. The van der Waals surface area contributed by atoms with Crippen LogP contribution in [0.2, 0.25) is 0 Å². The minimum atomic E-state index is -0.171. The number of rotatable bonds is 8. The van der Waals surface area contributed by atoms with Crippen LogP contribution >= 0.6 is 0 Å². The zero-order valence-electron chi connectivity index (χ0n) is 16.0. The highest BCUT2D eigenvalue weighted by atomic mass is 16.5. The van der Waals surface area contributed by atoms with E-state index in [4.69, 9.17) is 10.5 Å². The smallest absolute Gasteiger partial charge is 0.221 e. The molecule has 0 radical (unpaired) electrons. The van der Waals surface area contributed by atoms with Crippen LogP contribution in [0.5, 0.6) is 5.75 Å². The largest absolute Gasteiger partial charge is 0.497 e. The number of piperidine rings is 1. The van der Waals surface area contributed by atoms with Crippen LogP contribution in [0.4, 0.5) is 0 Å². The molecule has 5 heteroatoms. The zero-order valence-corrected chi connectivity index (χ0v) is 16.0. The normalized spacial score (nSPS) is 17.6. The van der Waals surface area contributed by atoms with Gasteiger partial charge in [-0.3, -0.25) is 9.69 Å². The molecule has 0 saturated carbocycles. The quantitative estimate of drug-likeness (QED) is 0.753. The van der Waals surface area contributed by atoms with Gasteiger partial charge in [-0.15, -0.1) is 0 Å².